The molecular formula is C19H30NO4P. The molecule has 0 bridgehead atoms. The van der Waals surface area contributed by atoms with Crippen LogP contribution in [-0.4, -0.2) is 26.1 Å². The number of benzene rings is 1. The van der Waals surface area contributed by atoms with Gasteiger partial charge < -0.3 is 19.1 Å². The summed E-state index contributed by atoms with van der Waals surface area (Å²) in [5.41, 5.74) is 0.785. The molecule has 0 aliphatic heterocycles. The van der Waals surface area contributed by atoms with Crippen molar-refractivity contribution in [1.29, 1.82) is 0 Å². The molecule has 5 nitrogen and oxygen atoms in total. The third-order valence-electron chi connectivity index (χ3n) is 3.47. The van der Waals surface area contributed by atoms with Crippen molar-refractivity contribution in [2.75, 3.05) is 25.6 Å². The standard InChI is InChI=1S/C19H30NO4P/c1-5-8-9-10-11-12-19(25(21,23-6-2)24-7-3)20-17-13-15-18(22-4)16-14-17/h13-16,19-20H,5-10H2,1-4H3. The van der Waals surface area contributed by atoms with Crippen LogP contribution in [0, 0.1) is 11.8 Å². The topological polar surface area (TPSA) is 56.8 Å². The molecule has 0 spiro atoms. The van der Waals surface area contributed by atoms with E-state index in [0.717, 1.165) is 37.1 Å². The number of hydrogen-bond donors (Lipinski definition) is 1. The van der Waals surface area contributed by atoms with Gasteiger partial charge in [-0.2, -0.15) is 0 Å². The summed E-state index contributed by atoms with van der Waals surface area (Å²) < 4.78 is 29.2. The maximum atomic E-state index is 13.1. The Kier molecular flexibility index (Phi) is 10.3. The van der Waals surface area contributed by atoms with E-state index in [1.54, 1.807) is 21.0 Å². The summed E-state index contributed by atoms with van der Waals surface area (Å²) in [6.07, 6.45) is 4.09. The first-order chi connectivity index (χ1) is 12.1. The largest absolute Gasteiger partial charge is 0.497 e. The zero-order valence-corrected chi connectivity index (χ0v) is 16.6. The highest BCUT2D eigenvalue weighted by Gasteiger charge is 2.34. The molecule has 25 heavy (non-hydrogen) atoms. The smallest absolute Gasteiger partial charge is 0.364 e. The molecule has 0 radical (unpaired) electrons. The van der Waals surface area contributed by atoms with Crippen LogP contribution in [0.2, 0.25) is 0 Å². The average Bonchev–Trinajstić information content (AvgIpc) is 2.61. The Balaban J connectivity index is 2.97. The number of rotatable bonds is 11. The molecule has 0 heterocycles. The zero-order chi connectivity index (χ0) is 18.5. The van der Waals surface area contributed by atoms with Crippen LogP contribution in [0.4, 0.5) is 5.69 Å². The molecule has 0 fully saturated rings. The first-order valence-electron chi connectivity index (χ1n) is 8.87. The molecule has 1 atom stereocenters. The fourth-order valence-corrected chi connectivity index (χ4v) is 3.87. The van der Waals surface area contributed by atoms with Gasteiger partial charge in [-0.25, -0.2) is 0 Å². The maximum absolute atomic E-state index is 13.1. The molecule has 0 aromatic heterocycles. The van der Waals surface area contributed by atoms with Crippen LogP contribution in [0.5, 0.6) is 5.75 Å². The van der Waals surface area contributed by atoms with Crippen LogP contribution in [0.3, 0.4) is 0 Å². The van der Waals surface area contributed by atoms with Gasteiger partial charge in [-0.05, 0) is 44.5 Å². The van der Waals surface area contributed by atoms with Gasteiger partial charge in [0.05, 0.1) is 20.3 Å². The Morgan fingerprint density at radius 1 is 1.08 bits per heavy atom. The second-order valence-corrected chi connectivity index (χ2v) is 7.54. The third kappa shape index (κ3) is 7.52. The Morgan fingerprint density at radius 2 is 1.72 bits per heavy atom. The highest BCUT2D eigenvalue weighted by molar-refractivity contribution is 7.55. The summed E-state index contributed by atoms with van der Waals surface area (Å²) in [7, 11) is -1.77. The van der Waals surface area contributed by atoms with Crippen LogP contribution in [-0.2, 0) is 13.6 Å². The van der Waals surface area contributed by atoms with Gasteiger partial charge in [0.1, 0.15) is 5.75 Å². The van der Waals surface area contributed by atoms with Crippen molar-refractivity contribution in [3.63, 3.8) is 0 Å². The SMILES string of the molecule is CCCCCC#CC(Nc1ccc(OC)cc1)P(=O)(OCC)OCC. The predicted molar refractivity (Wildman–Crippen MR) is 103 cm³/mol. The number of anilines is 1. The van der Waals surface area contributed by atoms with Crippen LogP contribution in [0.1, 0.15) is 46.5 Å². The second kappa shape index (κ2) is 12.0. The molecule has 1 aromatic rings. The lowest BCUT2D eigenvalue weighted by Gasteiger charge is -2.24. The van der Waals surface area contributed by atoms with E-state index >= 15 is 0 Å². The Bertz CT molecular complexity index is 582. The minimum Gasteiger partial charge on any atom is -0.497 e. The van der Waals surface area contributed by atoms with Gasteiger partial charge in [-0.15, -0.1) is 5.92 Å². The van der Waals surface area contributed by atoms with Gasteiger partial charge in [0, 0.05) is 12.1 Å². The Hall–Kier alpha value is -1.47. The predicted octanol–water partition coefficient (Wildman–Crippen LogP) is 5.28. The molecule has 1 aromatic carbocycles. The highest BCUT2D eigenvalue weighted by Crippen LogP contribution is 2.52. The quantitative estimate of drug-likeness (QED) is 0.327. The van der Waals surface area contributed by atoms with E-state index in [9.17, 15) is 4.57 Å². The fraction of sp³-hybridized carbons (Fsp3) is 0.579. The van der Waals surface area contributed by atoms with E-state index in [-0.39, 0.29) is 0 Å². The molecule has 1 rings (SSSR count). The van der Waals surface area contributed by atoms with E-state index in [1.807, 2.05) is 24.3 Å². The maximum Gasteiger partial charge on any atom is 0.364 e. The van der Waals surface area contributed by atoms with Crippen molar-refractivity contribution in [3.05, 3.63) is 24.3 Å². The monoisotopic (exact) mass is 367 g/mol. The molecule has 0 saturated heterocycles. The van der Waals surface area contributed by atoms with Crippen molar-refractivity contribution >= 4 is 13.3 Å². The van der Waals surface area contributed by atoms with Gasteiger partial charge in [-0.3, -0.25) is 4.57 Å². The molecule has 140 valence electrons. The Labute approximate surface area is 152 Å². The van der Waals surface area contributed by atoms with Crippen LogP contribution < -0.4 is 10.1 Å². The molecule has 0 aliphatic carbocycles. The van der Waals surface area contributed by atoms with Gasteiger partial charge in [-0.1, -0.05) is 25.7 Å². The zero-order valence-electron chi connectivity index (χ0n) is 15.7. The van der Waals surface area contributed by atoms with E-state index in [1.165, 1.54) is 0 Å². The number of hydrogen-bond acceptors (Lipinski definition) is 5. The van der Waals surface area contributed by atoms with Crippen molar-refractivity contribution < 1.29 is 18.3 Å². The van der Waals surface area contributed by atoms with Crippen molar-refractivity contribution in [3.8, 4) is 17.6 Å². The lowest BCUT2D eigenvalue weighted by atomic mass is 10.2. The highest BCUT2D eigenvalue weighted by atomic mass is 31.2. The van der Waals surface area contributed by atoms with Gasteiger partial charge in [0.2, 0.25) is 0 Å². The fourth-order valence-electron chi connectivity index (χ4n) is 2.22. The number of nitrogens with one attached hydrogen (secondary N) is 1. The van der Waals surface area contributed by atoms with Gasteiger partial charge in [0.25, 0.3) is 0 Å². The summed E-state index contributed by atoms with van der Waals surface area (Å²) in [4.78, 5) is 0. The molecule has 0 aliphatic rings. The molecule has 1 unspecified atom stereocenters. The van der Waals surface area contributed by atoms with Crippen molar-refractivity contribution in [2.24, 2.45) is 0 Å². The van der Waals surface area contributed by atoms with E-state index in [0.29, 0.717) is 13.2 Å². The van der Waals surface area contributed by atoms with Gasteiger partial charge in [0.15, 0.2) is 5.78 Å². The first kappa shape index (κ1) is 21.6. The van der Waals surface area contributed by atoms with E-state index < -0.39 is 13.4 Å². The van der Waals surface area contributed by atoms with E-state index in [2.05, 4.69) is 24.1 Å². The molecule has 0 saturated carbocycles. The Morgan fingerprint density at radius 3 is 2.24 bits per heavy atom. The summed E-state index contributed by atoms with van der Waals surface area (Å²) >= 11 is 0. The lowest BCUT2D eigenvalue weighted by molar-refractivity contribution is 0.218. The van der Waals surface area contributed by atoms with Crippen LogP contribution in [0.15, 0.2) is 24.3 Å². The van der Waals surface area contributed by atoms with Crippen LogP contribution >= 0.6 is 7.60 Å². The van der Waals surface area contributed by atoms with Crippen molar-refractivity contribution in [2.45, 2.75) is 52.2 Å². The lowest BCUT2D eigenvalue weighted by Crippen LogP contribution is -2.21. The number of ether oxygens (including phenoxy) is 1. The van der Waals surface area contributed by atoms with E-state index in [4.69, 9.17) is 13.8 Å². The second-order valence-electron chi connectivity index (χ2n) is 5.43. The summed E-state index contributed by atoms with van der Waals surface area (Å²) in [5, 5.41) is 3.19. The minimum atomic E-state index is -3.39. The molecular weight excluding hydrogens is 337 g/mol. The molecule has 0 amide bonds. The average molecular weight is 367 g/mol. The normalized spacial score (nSPS) is 12.2. The van der Waals surface area contributed by atoms with Gasteiger partial charge >= 0.3 is 7.60 Å². The summed E-state index contributed by atoms with van der Waals surface area (Å²) in [6, 6.07) is 7.38. The third-order valence-corrected chi connectivity index (χ3v) is 5.60. The summed E-state index contributed by atoms with van der Waals surface area (Å²) in [6.45, 7) is 6.35. The number of methoxy groups -OCH3 is 1. The molecule has 1 N–H and O–H groups in total. The van der Waals surface area contributed by atoms with Crippen LogP contribution in [0.25, 0.3) is 0 Å². The minimum absolute atomic E-state index is 0.301. The first-order valence-corrected chi connectivity index (χ1v) is 10.5. The number of unbranched alkanes of at least 4 members (excludes halogenated alkanes) is 3. The summed E-state index contributed by atoms with van der Waals surface area (Å²) in [5.74, 6) is 6.23. The molecule has 6 heteroatoms. The van der Waals surface area contributed by atoms with Crippen molar-refractivity contribution in [1.82, 2.24) is 0 Å².